The molecule has 2 atom stereocenters. The quantitative estimate of drug-likeness (QED) is 0.887. The molecule has 136 valence electrons. The molecule has 0 spiro atoms. The van der Waals surface area contributed by atoms with Gasteiger partial charge in [0.15, 0.2) is 0 Å². The monoisotopic (exact) mass is 336 g/mol. The molecule has 1 aliphatic carbocycles. The van der Waals surface area contributed by atoms with Gasteiger partial charge in [-0.3, -0.25) is 4.68 Å². The van der Waals surface area contributed by atoms with Crippen LogP contribution in [-0.4, -0.2) is 33.6 Å². The molecule has 6 nitrogen and oxygen atoms in total. The molecule has 1 aliphatic rings. The fourth-order valence-electron chi connectivity index (χ4n) is 3.30. The zero-order valence-corrected chi connectivity index (χ0v) is 15.9. The van der Waals surface area contributed by atoms with E-state index in [1.54, 1.807) is 0 Å². The SMILES string of the molecule is Cc1nn(C)c(C)c1CNC1CCCC(NC(=O)OC(C)(C)C)C1. The first-order valence-corrected chi connectivity index (χ1v) is 8.87. The van der Waals surface area contributed by atoms with Gasteiger partial charge in [-0.25, -0.2) is 4.79 Å². The van der Waals surface area contributed by atoms with E-state index >= 15 is 0 Å². The van der Waals surface area contributed by atoms with Crippen LogP contribution in [0.3, 0.4) is 0 Å². The largest absolute Gasteiger partial charge is 0.444 e. The lowest BCUT2D eigenvalue weighted by Crippen LogP contribution is -2.45. The normalized spacial score (nSPS) is 21.6. The van der Waals surface area contributed by atoms with Crippen LogP contribution in [0, 0.1) is 13.8 Å². The number of rotatable bonds is 4. The number of ether oxygens (including phenoxy) is 1. The smallest absolute Gasteiger partial charge is 0.407 e. The Kier molecular flexibility index (Phi) is 5.91. The highest BCUT2D eigenvalue weighted by Crippen LogP contribution is 2.20. The molecule has 2 N–H and O–H groups in total. The van der Waals surface area contributed by atoms with Gasteiger partial charge in [-0.2, -0.15) is 5.10 Å². The summed E-state index contributed by atoms with van der Waals surface area (Å²) >= 11 is 0. The average Bonchev–Trinajstić information content (AvgIpc) is 2.68. The van der Waals surface area contributed by atoms with Gasteiger partial charge < -0.3 is 15.4 Å². The number of nitrogens with one attached hydrogen (secondary N) is 2. The summed E-state index contributed by atoms with van der Waals surface area (Å²) in [6, 6.07) is 0.597. The zero-order chi connectivity index (χ0) is 17.9. The van der Waals surface area contributed by atoms with Crippen molar-refractivity contribution < 1.29 is 9.53 Å². The molecule has 0 saturated heterocycles. The van der Waals surface area contributed by atoms with Crippen molar-refractivity contribution in [2.45, 2.75) is 84.5 Å². The van der Waals surface area contributed by atoms with Gasteiger partial charge in [0.25, 0.3) is 0 Å². The summed E-state index contributed by atoms with van der Waals surface area (Å²) < 4.78 is 7.29. The molecule has 2 unspecified atom stereocenters. The average molecular weight is 336 g/mol. The fraction of sp³-hybridized carbons (Fsp3) is 0.778. The maximum absolute atomic E-state index is 11.9. The highest BCUT2D eigenvalue weighted by molar-refractivity contribution is 5.68. The van der Waals surface area contributed by atoms with Crippen LogP contribution in [0.2, 0.25) is 0 Å². The Labute approximate surface area is 145 Å². The predicted octanol–water partition coefficient (Wildman–Crippen LogP) is 2.96. The minimum absolute atomic E-state index is 0.183. The maximum atomic E-state index is 11.9. The van der Waals surface area contributed by atoms with Crippen molar-refractivity contribution in [2.75, 3.05) is 0 Å². The van der Waals surface area contributed by atoms with E-state index in [9.17, 15) is 4.79 Å². The van der Waals surface area contributed by atoms with E-state index in [1.165, 1.54) is 11.3 Å². The van der Waals surface area contributed by atoms with Crippen molar-refractivity contribution in [2.24, 2.45) is 7.05 Å². The highest BCUT2D eigenvalue weighted by atomic mass is 16.6. The number of carbonyl (C=O) groups excluding carboxylic acids is 1. The molecule has 0 radical (unpaired) electrons. The second-order valence-corrected chi connectivity index (χ2v) is 7.86. The Hall–Kier alpha value is -1.56. The van der Waals surface area contributed by atoms with Crippen molar-refractivity contribution in [1.29, 1.82) is 0 Å². The first-order valence-electron chi connectivity index (χ1n) is 8.87. The van der Waals surface area contributed by atoms with Crippen LogP contribution >= 0.6 is 0 Å². The van der Waals surface area contributed by atoms with Gasteiger partial charge >= 0.3 is 6.09 Å². The second-order valence-electron chi connectivity index (χ2n) is 7.86. The molecule has 1 aromatic rings. The van der Waals surface area contributed by atoms with Crippen molar-refractivity contribution in [3.05, 3.63) is 17.0 Å². The number of hydrogen-bond acceptors (Lipinski definition) is 4. The third kappa shape index (κ3) is 5.23. The van der Waals surface area contributed by atoms with Gasteiger partial charge in [-0.15, -0.1) is 0 Å². The van der Waals surface area contributed by atoms with E-state index in [4.69, 9.17) is 4.74 Å². The molecule has 0 aromatic carbocycles. The maximum Gasteiger partial charge on any atom is 0.407 e. The minimum atomic E-state index is -0.453. The molecule has 0 aliphatic heterocycles. The van der Waals surface area contributed by atoms with E-state index in [1.807, 2.05) is 32.5 Å². The Morgan fingerprint density at radius 1 is 1.29 bits per heavy atom. The number of carbonyl (C=O) groups is 1. The summed E-state index contributed by atoms with van der Waals surface area (Å²) in [6.07, 6.45) is 3.90. The molecule has 1 saturated carbocycles. The van der Waals surface area contributed by atoms with Crippen molar-refractivity contribution in [3.63, 3.8) is 0 Å². The summed E-state index contributed by atoms with van der Waals surface area (Å²) in [7, 11) is 1.98. The van der Waals surface area contributed by atoms with Crippen molar-refractivity contribution >= 4 is 6.09 Å². The summed E-state index contributed by atoms with van der Waals surface area (Å²) in [5.41, 5.74) is 3.12. The Morgan fingerprint density at radius 2 is 1.96 bits per heavy atom. The first-order chi connectivity index (χ1) is 11.2. The van der Waals surface area contributed by atoms with Crippen molar-refractivity contribution in [1.82, 2.24) is 20.4 Å². The number of aryl methyl sites for hydroxylation is 2. The fourth-order valence-corrected chi connectivity index (χ4v) is 3.30. The number of hydrogen-bond donors (Lipinski definition) is 2. The standard InChI is InChI=1S/C18H32N4O2/c1-12-16(13(2)22(6)21-12)11-19-14-8-7-9-15(10-14)20-17(23)24-18(3,4)5/h14-15,19H,7-11H2,1-6H3,(H,20,23). The number of aromatic nitrogens is 2. The highest BCUT2D eigenvalue weighted by Gasteiger charge is 2.25. The van der Waals surface area contributed by atoms with E-state index in [0.29, 0.717) is 6.04 Å². The third-order valence-electron chi connectivity index (χ3n) is 4.62. The molecule has 1 fully saturated rings. The number of nitrogens with zero attached hydrogens (tertiary/aromatic N) is 2. The van der Waals surface area contributed by atoms with Crippen LogP contribution in [-0.2, 0) is 18.3 Å². The molecule has 1 amide bonds. The van der Waals surface area contributed by atoms with Crippen LogP contribution in [0.15, 0.2) is 0 Å². The van der Waals surface area contributed by atoms with Crippen LogP contribution < -0.4 is 10.6 Å². The van der Waals surface area contributed by atoms with E-state index in [2.05, 4.69) is 29.6 Å². The van der Waals surface area contributed by atoms with Gasteiger partial charge in [0, 0.05) is 36.9 Å². The predicted molar refractivity (Wildman–Crippen MR) is 94.9 cm³/mol. The minimum Gasteiger partial charge on any atom is -0.444 e. The molecule has 6 heteroatoms. The molecule has 0 bridgehead atoms. The summed E-state index contributed by atoms with van der Waals surface area (Å²) in [4.78, 5) is 11.9. The van der Waals surface area contributed by atoms with Gasteiger partial charge in [0.1, 0.15) is 5.60 Å². The van der Waals surface area contributed by atoms with Crippen LogP contribution in [0.1, 0.15) is 63.4 Å². The molecular formula is C18H32N4O2. The Balaban J connectivity index is 1.84. The lowest BCUT2D eigenvalue weighted by Gasteiger charge is -2.31. The lowest BCUT2D eigenvalue weighted by molar-refractivity contribution is 0.0488. The lowest BCUT2D eigenvalue weighted by atomic mass is 9.91. The van der Waals surface area contributed by atoms with Crippen LogP contribution in [0.4, 0.5) is 4.79 Å². The molecule has 2 rings (SSSR count). The van der Waals surface area contributed by atoms with Crippen molar-refractivity contribution in [3.8, 4) is 0 Å². The summed E-state index contributed by atoms with van der Waals surface area (Å²) in [5, 5.41) is 11.1. The van der Waals surface area contributed by atoms with Gasteiger partial charge in [-0.05, 0) is 60.3 Å². The van der Waals surface area contributed by atoms with E-state index in [-0.39, 0.29) is 12.1 Å². The zero-order valence-electron chi connectivity index (χ0n) is 15.9. The Bertz CT molecular complexity index is 574. The molecule has 24 heavy (non-hydrogen) atoms. The summed E-state index contributed by atoms with van der Waals surface area (Å²) in [6.45, 7) is 10.6. The second kappa shape index (κ2) is 7.55. The number of alkyl carbamates (subject to hydrolysis) is 1. The number of amides is 1. The topological polar surface area (TPSA) is 68.2 Å². The van der Waals surface area contributed by atoms with E-state index < -0.39 is 5.60 Å². The van der Waals surface area contributed by atoms with E-state index in [0.717, 1.165) is 37.9 Å². The molecule has 1 aromatic heterocycles. The molecule has 1 heterocycles. The van der Waals surface area contributed by atoms with Crippen LogP contribution in [0.25, 0.3) is 0 Å². The first kappa shape index (κ1) is 18.8. The van der Waals surface area contributed by atoms with Gasteiger partial charge in [0.05, 0.1) is 5.69 Å². The van der Waals surface area contributed by atoms with Crippen LogP contribution in [0.5, 0.6) is 0 Å². The Morgan fingerprint density at radius 3 is 2.54 bits per heavy atom. The molecular weight excluding hydrogens is 304 g/mol. The summed E-state index contributed by atoms with van der Waals surface area (Å²) in [5.74, 6) is 0. The van der Waals surface area contributed by atoms with Gasteiger partial charge in [0.2, 0.25) is 0 Å². The third-order valence-corrected chi connectivity index (χ3v) is 4.62. The van der Waals surface area contributed by atoms with Gasteiger partial charge in [-0.1, -0.05) is 0 Å².